The number of hydrogen-bond acceptors (Lipinski definition) is 8. The molecule has 0 saturated carbocycles. The lowest BCUT2D eigenvalue weighted by Gasteiger charge is -2.25. The van der Waals surface area contributed by atoms with Crippen LogP contribution in [0.3, 0.4) is 0 Å². The van der Waals surface area contributed by atoms with Gasteiger partial charge in [0.15, 0.2) is 0 Å². The van der Waals surface area contributed by atoms with Gasteiger partial charge >= 0.3 is 5.97 Å². The van der Waals surface area contributed by atoms with Crippen LogP contribution in [0.5, 0.6) is 0 Å². The number of thioether (sulfide) groups is 1. The van der Waals surface area contributed by atoms with Gasteiger partial charge < -0.3 is 38.3 Å². The van der Waals surface area contributed by atoms with Crippen molar-refractivity contribution in [3.63, 3.8) is 0 Å². The normalized spacial score (nSPS) is 15.2. The maximum Gasteiger partial charge on any atom is 0.326 e. The Balaban J connectivity index is 5.59. The van der Waals surface area contributed by atoms with E-state index in [9.17, 15) is 33.9 Å². The van der Waals surface area contributed by atoms with Gasteiger partial charge in [0.1, 0.15) is 18.1 Å². The van der Waals surface area contributed by atoms with Gasteiger partial charge in [0.05, 0.1) is 12.5 Å². The molecule has 0 aliphatic rings. The minimum absolute atomic E-state index is 0.132. The molecule has 13 nitrogen and oxygen atoms in total. The van der Waals surface area contributed by atoms with Gasteiger partial charge in [-0.3, -0.25) is 24.0 Å². The average Bonchev–Trinajstić information content (AvgIpc) is 2.76. The Morgan fingerprint density at radius 3 is 1.85 bits per heavy atom. The number of carboxylic acids is 1. The highest BCUT2D eigenvalue weighted by atomic mass is 32.2. The quantitative estimate of drug-likeness (QED) is 0.113. The Morgan fingerprint density at radius 2 is 1.38 bits per heavy atom. The molecule has 5 unspecified atom stereocenters. The predicted octanol–water partition coefficient (Wildman–Crippen LogP) is -2.21. The summed E-state index contributed by atoms with van der Waals surface area (Å²) in [6.45, 7) is 3.57. The number of hydrogen-bond donors (Lipinski definition) is 7. The second-order valence-corrected chi connectivity index (χ2v) is 8.88. The maximum absolute atomic E-state index is 12.8. The van der Waals surface area contributed by atoms with E-state index in [1.54, 1.807) is 13.2 Å². The summed E-state index contributed by atoms with van der Waals surface area (Å²) in [5, 5.41) is 16.4. The molecule has 0 aromatic rings. The van der Waals surface area contributed by atoms with E-state index in [0.29, 0.717) is 12.2 Å². The van der Waals surface area contributed by atoms with E-state index < -0.39 is 66.1 Å². The zero-order valence-electron chi connectivity index (χ0n) is 19.7. The topological polar surface area (TPSA) is 237 Å². The van der Waals surface area contributed by atoms with Crippen molar-refractivity contribution in [1.82, 2.24) is 16.0 Å². The summed E-state index contributed by atoms with van der Waals surface area (Å²) < 4.78 is 0. The number of carbonyl (C=O) groups is 6. The highest BCUT2D eigenvalue weighted by Gasteiger charge is 2.31. The summed E-state index contributed by atoms with van der Waals surface area (Å²) in [5.74, 6) is -5.12. The van der Waals surface area contributed by atoms with Crippen molar-refractivity contribution in [2.75, 3.05) is 12.0 Å². The highest BCUT2D eigenvalue weighted by molar-refractivity contribution is 7.98. The third-order valence-corrected chi connectivity index (χ3v) is 5.78. The number of carbonyl (C=O) groups excluding carboxylic acids is 5. The number of primary amides is 2. The Bertz CT molecular complexity index is 751. The van der Waals surface area contributed by atoms with Crippen LogP contribution in [0.15, 0.2) is 0 Å². The second kappa shape index (κ2) is 15.9. The summed E-state index contributed by atoms with van der Waals surface area (Å²) in [6, 6.07) is -4.96. The van der Waals surface area contributed by atoms with Gasteiger partial charge in [0, 0.05) is 6.42 Å². The van der Waals surface area contributed by atoms with Crippen LogP contribution in [-0.4, -0.2) is 76.8 Å². The smallest absolute Gasteiger partial charge is 0.326 e. The third-order valence-electron chi connectivity index (χ3n) is 5.14. The molecule has 0 aliphatic heterocycles. The molecule has 0 radical (unpaired) electrons. The standard InChI is InChI=1S/C20H36N6O7S/c1-4-10(2)16(23)19(31)26-13(9-15(22)28)18(30)24-11(5-6-14(21)27)17(29)25-12(20(32)33)7-8-34-3/h10-13,16H,4-9,23H2,1-3H3,(H2,21,27)(H2,22,28)(H,24,30)(H,25,29)(H,26,31)(H,32,33). The molecule has 0 heterocycles. The first-order valence-corrected chi connectivity index (χ1v) is 12.2. The van der Waals surface area contributed by atoms with Crippen molar-refractivity contribution in [2.45, 2.75) is 70.1 Å². The Morgan fingerprint density at radius 1 is 0.853 bits per heavy atom. The molecular formula is C20H36N6O7S. The van der Waals surface area contributed by atoms with E-state index in [-0.39, 0.29) is 25.2 Å². The first-order chi connectivity index (χ1) is 15.8. The molecule has 34 heavy (non-hydrogen) atoms. The first-order valence-electron chi connectivity index (χ1n) is 10.8. The predicted molar refractivity (Wildman–Crippen MR) is 126 cm³/mol. The van der Waals surface area contributed by atoms with Crippen LogP contribution in [0.2, 0.25) is 0 Å². The molecule has 10 N–H and O–H groups in total. The molecule has 5 amide bonds. The fourth-order valence-corrected chi connectivity index (χ4v) is 3.26. The maximum atomic E-state index is 12.8. The average molecular weight is 505 g/mol. The van der Waals surface area contributed by atoms with Gasteiger partial charge in [-0.15, -0.1) is 0 Å². The SMILES string of the molecule is CCC(C)C(N)C(=O)NC(CC(N)=O)C(=O)NC(CCC(N)=O)C(=O)NC(CCSC)C(=O)O. The summed E-state index contributed by atoms with van der Waals surface area (Å²) in [5.41, 5.74) is 16.2. The Labute approximate surface area is 202 Å². The zero-order chi connectivity index (χ0) is 26.4. The molecule has 0 bridgehead atoms. The number of carboxylic acid groups (broad SMARTS) is 1. The summed E-state index contributed by atoms with van der Waals surface area (Å²) in [6.07, 6.45) is 1.42. The number of amides is 5. The van der Waals surface area contributed by atoms with E-state index in [2.05, 4.69) is 16.0 Å². The van der Waals surface area contributed by atoms with Crippen molar-refractivity contribution < 1.29 is 33.9 Å². The molecule has 14 heteroatoms. The van der Waals surface area contributed by atoms with Crippen LogP contribution in [-0.2, 0) is 28.8 Å². The lowest BCUT2D eigenvalue weighted by Crippen LogP contribution is -2.58. The molecule has 0 fully saturated rings. The molecule has 0 rings (SSSR count). The van der Waals surface area contributed by atoms with E-state index in [1.807, 2.05) is 6.92 Å². The van der Waals surface area contributed by atoms with Crippen molar-refractivity contribution >= 4 is 47.3 Å². The van der Waals surface area contributed by atoms with Crippen LogP contribution in [0, 0.1) is 5.92 Å². The van der Waals surface area contributed by atoms with Crippen LogP contribution in [0.1, 0.15) is 46.0 Å². The molecule has 0 aromatic heterocycles. The van der Waals surface area contributed by atoms with Gasteiger partial charge in [0.25, 0.3) is 0 Å². The van der Waals surface area contributed by atoms with Crippen LogP contribution < -0.4 is 33.2 Å². The molecule has 0 aliphatic carbocycles. The van der Waals surface area contributed by atoms with Crippen molar-refractivity contribution in [3.8, 4) is 0 Å². The summed E-state index contributed by atoms with van der Waals surface area (Å²) in [7, 11) is 0. The van der Waals surface area contributed by atoms with Crippen LogP contribution in [0.25, 0.3) is 0 Å². The first kappa shape index (κ1) is 31.1. The molecule has 0 saturated heterocycles. The van der Waals surface area contributed by atoms with Crippen LogP contribution in [0.4, 0.5) is 0 Å². The zero-order valence-corrected chi connectivity index (χ0v) is 20.5. The summed E-state index contributed by atoms with van der Waals surface area (Å²) >= 11 is 1.39. The second-order valence-electron chi connectivity index (χ2n) is 7.89. The largest absolute Gasteiger partial charge is 0.480 e. The van der Waals surface area contributed by atoms with Crippen LogP contribution >= 0.6 is 11.8 Å². The molecular weight excluding hydrogens is 468 g/mol. The summed E-state index contributed by atoms with van der Waals surface area (Å²) in [4.78, 5) is 72.1. The van der Waals surface area contributed by atoms with Gasteiger partial charge in [-0.1, -0.05) is 20.3 Å². The lowest BCUT2D eigenvalue weighted by atomic mass is 9.99. The minimum atomic E-state index is -1.43. The van der Waals surface area contributed by atoms with E-state index >= 15 is 0 Å². The van der Waals surface area contributed by atoms with Crippen molar-refractivity contribution in [3.05, 3.63) is 0 Å². The number of nitrogens with two attached hydrogens (primary N) is 3. The highest BCUT2D eigenvalue weighted by Crippen LogP contribution is 2.07. The number of aliphatic carboxylic acids is 1. The fourth-order valence-electron chi connectivity index (χ4n) is 2.78. The molecule has 0 spiro atoms. The molecule has 5 atom stereocenters. The lowest BCUT2D eigenvalue weighted by molar-refractivity contribution is -0.142. The Hall–Kier alpha value is -2.87. The molecule has 0 aromatic carbocycles. The van der Waals surface area contributed by atoms with Gasteiger partial charge in [-0.25, -0.2) is 4.79 Å². The minimum Gasteiger partial charge on any atom is -0.480 e. The molecule has 194 valence electrons. The van der Waals surface area contributed by atoms with Gasteiger partial charge in [0.2, 0.25) is 29.5 Å². The van der Waals surface area contributed by atoms with E-state index in [4.69, 9.17) is 17.2 Å². The van der Waals surface area contributed by atoms with E-state index in [1.165, 1.54) is 11.8 Å². The Kier molecular flexibility index (Phi) is 14.5. The van der Waals surface area contributed by atoms with Gasteiger partial charge in [-0.05, 0) is 30.8 Å². The fraction of sp³-hybridized carbons (Fsp3) is 0.700. The third kappa shape index (κ3) is 11.8. The monoisotopic (exact) mass is 504 g/mol. The number of rotatable bonds is 17. The number of nitrogens with one attached hydrogen (secondary N) is 3. The van der Waals surface area contributed by atoms with Crippen molar-refractivity contribution in [1.29, 1.82) is 0 Å². The van der Waals surface area contributed by atoms with Gasteiger partial charge in [-0.2, -0.15) is 11.8 Å². The van der Waals surface area contributed by atoms with E-state index in [0.717, 1.165) is 0 Å². The van der Waals surface area contributed by atoms with Crippen molar-refractivity contribution in [2.24, 2.45) is 23.1 Å².